The van der Waals surface area contributed by atoms with E-state index in [2.05, 4.69) is 17.1 Å². The van der Waals surface area contributed by atoms with Gasteiger partial charge in [0.2, 0.25) is 0 Å². The van der Waals surface area contributed by atoms with E-state index in [-0.39, 0.29) is 16.9 Å². The Kier molecular flexibility index (Phi) is 4.02. The third kappa shape index (κ3) is 2.88. The number of primary amides is 1. The van der Waals surface area contributed by atoms with Crippen molar-refractivity contribution in [2.24, 2.45) is 5.73 Å². The number of amides is 1. The van der Waals surface area contributed by atoms with Gasteiger partial charge in [-0.15, -0.1) is 0 Å². The number of carbonyl (C=O) groups is 1. The summed E-state index contributed by atoms with van der Waals surface area (Å²) in [6, 6.07) is 12.0. The molecule has 0 saturated heterocycles. The van der Waals surface area contributed by atoms with E-state index in [0.29, 0.717) is 11.5 Å². The highest BCUT2D eigenvalue weighted by Gasteiger charge is 2.40. The number of hydrogen-bond donors (Lipinski definition) is 1. The summed E-state index contributed by atoms with van der Waals surface area (Å²) in [6.45, 7) is 0. The first-order valence-corrected chi connectivity index (χ1v) is 9.13. The van der Waals surface area contributed by atoms with Crippen LogP contribution in [0, 0.1) is 0 Å². The molecule has 1 heterocycles. The monoisotopic (exact) mass is 371 g/mol. The van der Waals surface area contributed by atoms with Crippen molar-refractivity contribution in [3.05, 3.63) is 48.2 Å². The minimum atomic E-state index is -3.72. The molecule has 0 bridgehead atoms. The Bertz CT molecular complexity index is 1020. The predicted molar refractivity (Wildman–Crippen MR) is 101 cm³/mol. The molecule has 2 aromatic carbocycles. The lowest BCUT2D eigenvalue weighted by Gasteiger charge is -2.17. The van der Waals surface area contributed by atoms with E-state index in [1.54, 1.807) is 12.4 Å². The summed E-state index contributed by atoms with van der Waals surface area (Å²) in [5, 5.41) is -1.59. The van der Waals surface area contributed by atoms with Crippen LogP contribution in [-0.4, -0.2) is 28.6 Å². The molecule has 3 aromatic rings. The summed E-state index contributed by atoms with van der Waals surface area (Å²) in [4.78, 5) is 15.1. The number of benzene rings is 2. The van der Waals surface area contributed by atoms with Gasteiger partial charge in [0, 0.05) is 11.6 Å². The normalized spacial score (nSPS) is 14.7. The van der Waals surface area contributed by atoms with E-state index in [1.807, 2.05) is 24.3 Å². The zero-order valence-corrected chi connectivity index (χ0v) is 14.9. The Morgan fingerprint density at radius 3 is 2.58 bits per heavy atom. The molecule has 1 aliphatic rings. The molecule has 8 heteroatoms. The van der Waals surface area contributed by atoms with Crippen molar-refractivity contribution in [2.45, 2.75) is 29.2 Å². The van der Waals surface area contributed by atoms with Gasteiger partial charge in [-0.2, -0.15) is 8.78 Å². The average molecular weight is 371 g/mol. The molecular weight excluding hydrogens is 355 g/mol. The van der Waals surface area contributed by atoms with Crippen molar-refractivity contribution in [3.8, 4) is 5.69 Å². The number of nitrogens with zero attached hydrogens (tertiary/aromatic N) is 2. The molecular formula is C18H16BF2N3OS. The Balaban J connectivity index is 1.88. The summed E-state index contributed by atoms with van der Waals surface area (Å²) in [7, 11) is 1.79. The van der Waals surface area contributed by atoms with Gasteiger partial charge in [0.1, 0.15) is 0 Å². The average Bonchev–Trinajstić information content (AvgIpc) is 3.39. The van der Waals surface area contributed by atoms with Crippen LogP contribution in [0.2, 0.25) is 0 Å². The van der Waals surface area contributed by atoms with Gasteiger partial charge in [-0.3, -0.25) is 4.79 Å². The molecule has 1 aromatic heterocycles. The molecule has 132 valence electrons. The maximum Gasteiger partial charge on any atom is 0.377 e. The number of fused-ring (bicyclic) bond motifs is 1. The van der Waals surface area contributed by atoms with E-state index in [9.17, 15) is 13.6 Å². The van der Waals surface area contributed by atoms with E-state index in [4.69, 9.17) is 5.73 Å². The second kappa shape index (κ2) is 6.12. The molecule has 1 amide bonds. The smallest absolute Gasteiger partial charge is 0.364 e. The zero-order valence-electron chi connectivity index (χ0n) is 14.1. The fourth-order valence-corrected chi connectivity index (χ4v) is 3.97. The quantitative estimate of drug-likeness (QED) is 0.553. The van der Waals surface area contributed by atoms with Gasteiger partial charge in [0.25, 0.3) is 5.91 Å². The SMILES string of the molecule is Bc1cnc(SC(F)(F)C(N)=O)n1-c1ccc(C2CC2)c2ccccc12. The van der Waals surface area contributed by atoms with Crippen LogP contribution >= 0.6 is 11.8 Å². The molecule has 2 N–H and O–H groups in total. The maximum absolute atomic E-state index is 13.9. The zero-order chi connectivity index (χ0) is 18.5. The first-order chi connectivity index (χ1) is 12.4. The van der Waals surface area contributed by atoms with Crippen LogP contribution in [-0.2, 0) is 4.79 Å². The van der Waals surface area contributed by atoms with Gasteiger partial charge >= 0.3 is 5.25 Å². The fourth-order valence-electron chi connectivity index (χ4n) is 3.20. The molecule has 0 spiro atoms. The highest BCUT2D eigenvalue weighted by atomic mass is 32.2. The molecule has 0 atom stereocenters. The molecule has 1 aliphatic carbocycles. The van der Waals surface area contributed by atoms with Gasteiger partial charge < -0.3 is 10.3 Å². The highest BCUT2D eigenvalue weighted by molar-refractivity contribution is 8.00. The van der Waals surface area contributed by atoms with Crippen LogP contribution < -0.4 is 11.3 Å². The van der Waals surface area contributed by atoms with Gasteiger partial charge in [0.15, 0.2) is 13.0 Å². The van der Waals surface area contributed by atoms with Crippen LogP contribution in [0.15, 0.2) is 47.8 Å². The number of aromatic nitrogens is 2. The largest absolute Gasteiger partial charge is 0.377 e. The second-order valence-electron chi connectivity index (χ2n) is 6.49. The minimum Gasteiger partial charge on any atom is -0.364 e. The van der Waals surface area contributed by atoms with Crippen LogP contribution in [0.3, 0.4) is 0 Å². The van der Waals surface area contributed by atoms with Crippen molar-refractivity contribution in [3.63, 3.8) is 0 Å². The molecule has 4 rings (SSSR count). The Morgan fingerprint density at radius 2 is 1.92 bits per heavy atom. The lowest BCUT2D eigenvalue weighted by Crippen LogP contribution is -2.32. The second-order valence-corrected chi connectivity index (χ2v) is 7.58. The number of alkyl halides is 2. The summed E-state index contributed by atoms with van der Waals surface area (Å²) < 4.78 is 29.4. The van der Waals surface area contributed by atoms with Crippen LogP contribution in [0.5, 0.6) is 0 Å². The molecule has 0 unspecified atom stereocenters. The summed E-state index contributed by atoms with van der Waals surface area (Å²) in [5.41, 5.74) is 7.58. The number of nitrogens with two attached hydrogens (primary N) is 1. The van der Waals surface area contributed by atoms with Crippen molar-refractivity contribution < 1.29 is 13.6 Å². The summed E-state index contributed by atoms with van der Waals surface area (Å²) in [6.07, 6.45) is 3.88. The van der Waals surface area contributed by atoms with E-state index < -0.39 is 11.2 Å². The maximum atomic E-state index is 13.9. The van der Waals surface area contributed by atoms with Gasteiger partial charge in [-0.1, -0.05) is 30.3 Å². The van der Waals surface area contributed by atoms with Crippen molar-refractivity contribution in [1.29, 1.82) is 0 Å². The summed E-state index contributed by atoms with van der Waals surface area (Å²) in [5.74, 6) is -1.10. The molecule has 1 saturated carbocycles. The number of thioether (sulfide) groups is 1. The number of hydrogen-bond acceptors (Lipinski definition) is 3. The predicted octanol–water partition coefficient (Wildman–Crippen LogP) is 2.33. The Labute approximate surface area is 154 Å². The first kappa shape index (κ1) is 17.1. The first-order valence-electron chi connectivity index (χ1n) is 8.31. The van der Waals surface area contributed by atoms with E-state index in [1.165, 1.54) is 24.6 Å². The number of imidazole rings is 1. The van der Waals surface area contributed by atoms with Crippen molar-refractivity contribution in [1.82, 2.24) is 9.55 Å². The van der Waals surface area contributed by atoms with E-state index in [0.717, 1.165) is 16.5 Å². The fraction of sp³-hybridized carbons (Fsp3) is 0.222. The van der Waals surface area contributed by atoms with Crippen molar-refractivity contribution in [2.75, 3.05) is 0 Å². The molecule has 26 heavy (non-hydrogen) atoms. The molecule has 0 aliphatic heterocycles. The Morgan fingerprint density at radius 1 is 1.23 bits per heavy atom. The third-order valence-electron chi connectivity index (χ3n) is 4.61. The van der Waals surface area contributed by atoms with Gasteiger partial charge in [0.05, 0.1) is 5.69 Å². The highest BCUT2D eigenvalue weighted by Crippen LogP contribution is 2.44. The van der Waals surface area contributed by atoms with Crippen molar-refractivity contribution >= 4 is 41.9 Å². The van der Waals surface area contributed by atoms with Gasteiger partial charge in [-0.05, 0) is 53.1 Å². The lowest BCUT2D eigenvalue weighted by molar-refractivity contribution is -0.131. The summed E-state index contributed by atoms with van der Waals surface area (Å²) >= 11 is 0.0717. The third-order valence-corrected chi connectivity index (χ3v) is 5.53. The van der Waals surface area contributed by atoms with Crippen LogP contribution in [0.1, 0.15) is 24.3 Å². The molecule has 1 fully saturated rings. The minimum absolute atomic E-state index is 0.0376. The van der Waals surface area contributed by atoms with Gasteiger partial charge in [-0.25, -0.2) is 4.98 Å². The number of halogens is 2. The van der Waals surface area contributed by atoms with Crippen LogP contribution in [0.25, 0.3) is 16.5 Å². The van der Waals surface area contributed by atoms with E-state index >= 15 is 0 Å². The number of carbonyl (C=O) groups excluding carboxylic acids is 1. The standard InChI is InChI=1S/C18H16BF2N3OS/c19-15-9-23-17(26-18(20,21)16(22)25)24(15)14-8-7-11(10-5-6-10)12-3-1-2-4-13(12)14/h1-4,7-10H,5-6,19H2,(H2,22,25). The van der Waals surface area contributed by atoms with Crippen LogP contribution in [0.4, 0.5) is 8.78 Å². The molecule has 4 nitrogen and oxygen atoms in total. The topological polar surface area (TPSA) is 60.9 Å². The molecule has 0 radical (unpaired) electrons. The number of rotatable bonds is 5. The Hall–Kier alpha value is -2.35. The lowest BCUT2D eigenvalue weighted by atomic mass is 9.98.